The number of rotatable bonds is 10. The summed E-state index contributed by atoms with van der Waals surface area (Å²) in [7, 11) is 0. The number of hydrogen-bond donors (Lipinski definition) is 1. The molecule has 0 saturated carbocycles. The molecule has 0 aliphatic carbocycles. The van der Waals surface area contributed by atoms with Crippen LogP contribution in [-0.4, -0.2) is 17.8 Å². The zero-order chi connectivity index (χ0) is 17.7. The average molecular weight is 340 g/mol. The first-order valence-corrected chi connectivity index (χ1v) is 9.13. The van der Waals surface area contributed by atoms with Crippen molar-refractivity contribution in [3.63, 3.8) is 0 Å². The molecule has 0 saturated heterocycles. The fourth-order valence-electron chi connectivity index (χ4n) is 1.94. The van der Waals surface area contributed by atoms with Crippen LogP contribution in [0.15, 0.2) is 34.9 Å². The number of ether oxygens (including phenoxy) is 1. The van der Waals surface area contributed by atoms with Crippen LogP contribution in [-0.2, 0) is 4.74 Å². The van der Waals surface area contributed by atoms with Crippen LogP contribution in [0.5, 0.6) is 0 Å². The highest BCUT2D eigenvalue weighted by Gasteiger charge is 2.01. The molecule has 0 aliphatic rings. The van der Waals surface area contributed by atoms with Crippen LogP contribution in [0.4, 0.5) is 0 Å². The van der Waals surface area contributed by atoms with Gasteiger partial charge in [0.2, 0.25) is 0 Å². The van der Waals surface area contributed by atoms with Crippen molar-refractivity contribution in [2.24, 2.45) is 0 Å². The molecule has 1 atom stereocenters. The lowest BCUT2D eigenvalue weighted by Gasteiger charge is -2.13. The van der Waals surface area contributed by atoms with E-state index in [1.807, 2.05) is 0 Å². The molecule has 2 nitrogen and oxygen atoms in total. The molecular weight excluding hydrogens is 302 g/mol. The molecule has 0 radical (unpaired) electrons. The van der Waals surface area contributed by atoms with Crippen LogP contribution >= 0.6 is 12.2 Å². The van der Waals surface area contributed by atoms with Crippen molar-refractivity contribution in [2.45, 2.75) is 79.7 Å². The van der Waals surface area contributed by atoms with E-state index in [1.54, 1.807) is 0 Å². The zero-order valence-corrected chi connectivity index (χ0v) is 16.7. The lowest BCUT2D eigenvalue weighted by atomic mass is 10.1. The van der Waals surface area contributed by atoms with Gasteiger partial charge in [-0.2, -0.15) is 0 Å². The van der Waals surface area contributed by atoms with Gasteiger partial charge in [0.1, 0.15) is 6.61 Å². The maximum absolute atomic E-state index is 5.51. The van der Waals surface area contributed by atoms with Crippen molar-refractivity contribution in [2.75, 3.05) is 6.61 Å². The van der Waals surface area contributed by atoms with Crippen LogP contribution < -0.4 is 5.32 Å². The molecular formula is C20H37NOS. The lowest BCUT2D eigenvalue weighted by molar-refractivity contribution is 0.334. The number of thiocarbonyl (C=S) groups is 1. The quantitative estimate of drug-likeness (QED) is 0.370. The summed E-state index contributed by atoms with van der Waals surface area (Å²) in [4.78, 5) is 0. The molecule has 3 heteroatoms. The van der Waals surface area contributed by atoms with E-state index in [9.17, 15) is 0 Å². The van der Waals surface area contributed by atoms with E-state index >= 15 is 0 Å². The van der Waals surface area contributed by atoms with Crippen LogP contribution in [0.1, 0.15) is 75.1 Å². The molecule has 1 unspecified atom stereocenters. The molecule has 0 amide bonds. The first-order valence-electron chi connectivity index (χ1n) is 8.73. The minimum absolute atomic E-state index is 0. The van der Waals surface area contributed by atoms with E-state index in [1.165, 1.54) is 16.7 Å². The van der Waals surface area contributed by atoms with Gasteiger partial charge in [-0.3, -0.25) is 0 Å². The topological polar surface area (TPSA) is 21.3 Å². The van der Waals surface area contributed by atoms with Crippen molar-refractivity contribution in [1.29, 1.82) is 0 Å². The summed E-state index contributed by atoms with van der Waals surface area (Å²) >= 11 is 5.15. The Hall–Kier alpha value is -1.09. The van der Waals surface area contributed by atoms with Gasteiger partial charge < -0.3 is 10.1 Å². The normalized spacial score (nSPS) is 13.5. The van der Waals surface area contributed by atoms with Gasteiger partial charge in [0.25, 0.3) is 5.17 Å². The third-order valence-corrected chi connectivity index (χ3v) is 3.98. The first-order chi connectivity index (χ1) is 10.8. The third kappa shape index (κ3) is 14.2. The molecule has 0 fully saturated rings. The summed E-state index contributed by atoms with van der Waals surface area (Å²) in [6.45, 7) is 13.5. The fourth-order valence-corrected chi connectivity index (χ4v) is 2.21. The van der Waals surface area contributed by atoms with Crippen LogP contribution in [0.3, 0.4) is 0 Å². The third-order valence-electron chi connectivity index (χ3n) is 3.75. The average Bonchev–Trinajstić information content (AvgIpc) is 2.46. The Bertz CT molecular complexity index is 437. The minimum atomic E-state index is 0. The van der Waals surface area contributed by atoms with Gasteiger partial charge in [0.15, 0.2) is 0 Å². The summed E-state index contributed by atoms with van der Waals surface area (Å²) in [5.74, 6) is 0. The SMILES string of the molecule is CCC(C)NC(=S)OC/C=C(\C)CC/C=C(\C)CCC=C(C)C.[HH]. The predicted octanol–water partition coefficient (Wildman–Crippen LogP) is 6.34. The van der Waals surface area contributed by atoms with Crippen molar-refractivity contribution < 1.29 is 6.16 Å². The van der Waals surface area contributed by atoms with Gasteiger partial charge >= 0.3 is 0 Å². The molecule has 0 aromatic carbocycles. The number of allylic oxidation sites excluding steroid dienone is 5. The van der Waals surface area contributed by atoms with Crippen LogP contribution in [0, 0.1) is 0 Å². The fraction of sp³-hybridized carbons (Fsp3) is 0.650. The van der Waals surface area contributed by atoms with E-state index < -0.39 is 0 Å². The van der Waals surface area contributed by atoms with E-state index in [-0.39, 0.29) is 1.43 Å². The largest absolute Gasteiger partial charge is 0.467 e. The highest BCUT2D eigenvalue weighted by atomic mass is 32.1. The van der Waals surface area contributed by atoms with Crippen molar-refractivity contribution in [3.05, 3.63) is 34.9 Å². The summed E-state index contributed by atoms with van der Waals surface area (Å²) in [5, 5.41) is 3.65. The molecule has 0 heterocycles. The highest BCUT2D eigenvalue weighted by Crippen LogP contribution is 2.11. The van der Waals surface area contributed by atoms with Crippen molar-refractivity contribution >= 4 is 17.4 Å². The molecule has 1 N–H and O–H groups in total. The Morgan fingerprint density at radius 3 is 2.17 bits per heavy atom. The van der Waals surface area contributed by atoms with E-state index in [0.717, 1.165) is 32.1 Å². The first kappa shape index (κ1) is 21.9. The van der Waals surface area contributed by atoms with Crippen LogP contribution in [0.25, 0.3) is 0 Å². The monoisotopic (exact) mass is 339 g/mol. The molecule has 0 rings (SSSR count). The molecule has 134 valence electrons. The molecule has 0 aromatic rings. The Labute approximate surface area is 150 Å². The molecule has 0 aliphatic heterocycles. The number of hydrogen-bond acceptors (Lipinski definition) is 2. The van der Waals surface area contributed by atoms with Crippen molar-refractivity contribution in [1.82, 2.24) is 5.32 Å². The molecule has 0 spiro atoms. The van der Waals surface area contributed by atoms with E-state index in [2.05, 4.69) is 65.1 Å². The van der Waals surface area contributed by atoms with Gasteiger partial charge in [-0.15, -0.1) is 0 Å². The second kappa shape index (κ2) is 13.4. The Balaban J connectivity index is 0. The van der Waals surface area contributed by atoms with Gasteiger partial charge in [0, 0.05) is 7.47 Å². The standard InChI is InChI=1S/C20H35NOS.H2/c1-7-19(6)21-20(23)22-15-14-18(5)13-9-12-17(4)11-8-10-16(2)3;/h10,12,14,19H,7-9,11,13,15H2,1-6H3,(H,21,23);1H/b17-12+,18-14+;. The molecule has 23 heavy (non-hydrogen) atoms. The summed E-state index contributed by atoms with van der Waals surface area (Å²) in [6.07, 6.45) is 12.3. The molecule has 0 bridgehead atoms. The molecule has 0 aromatic heterocycles. The van der Waals surface area contributed by atoms with Gasteiger partial charge in [-0.25, -0.2) is 0 Å². The van der Waals surface area contributed by atoms with Crippen LogP contribution in [0.2, 0.25) is 0 Å². The minimum Gasteiger partial charge on any atom is -0.467 e. The zero-order valence-electron chi connectivity index (χ0n) is 15.9. The Morgan fingerprint density at radius 1 is 1.04 bits per heavy atom. The summed E-state index contributed by atoms with van der Waals surface area (Å²) in [6, 6.07) is 0.368. The predicted molar refractivity (Wildman–Crippen MR) is 109 cm³/mol. The second-order valence-corrected chi connectivity index (χ2v) is 6.88. The maximum Gasteiger partial charge on any atom is 0.257 e. The van der Waals surface area contributed by atoms with Crippen molar-refractivity contribution in [3.8, 4) is 0 Å². The van der Waals surface area contributed by atoms with Gasteiger partial charge in [-0.05, 0) is 85.0 Å². The van der Waals surface area contributed by atoms with E-state index in [0.29, 0.717) is 17.8 Å². The Morgan fingerprint density at radius 2 is 1.61 bits per heavy atom. The Kier molecular flexibility index (Phi) is 12.7. The maximum atomic E-state index is 5.51. The highest BCUT2D eigenvalue weighted by molar-refractivity contribution is 7.80. The lowest BCUT2D eigenvalue weighted by Crippen LogP contribution is -2.32. The second-order valence-electron chi connectivity index (χ2n) is 6.51. The summed E-state index contributed by atoms with van der Waals surface area (Å²) in [5.41, 5.74) is 4.23. The number of nitrogens with one attached hydrogen (secondary N) is 1. The van der Waals surface area contributed by atoms with Gasteiger partial charge in [-0.1, -0.05) is 35.8 Å². The summed E-state index contributed by atoms with van der Waals surface area (Å²) < 4.78 is 5.51. The van der Waals surface area contributed by atoms with E-state index in [4.69, 9.17) is 17.0 Å². The van der Waals surface area contributed by atoms with Gasteiger partial charge in [0.05, 0.1) is 0 Å². The smallest absolute Gasteiger partial charge is 0.257 e.